The third kappa shape index (κ3) is 2.34. The van der Waals surface area contributed by atoms with E-state index in [1.54, 1.807) is 7.11 Å². The van der Waals surface area contributed by atoms with E-state index in [1.165, 1.54) is 0 Å². The summed E-state index contributed by atoms with van der Waals surface area (Å²) in [6, 6.07) is 8.35. The van der Waals surface area contributed by atoms with Crippen molar-refractivity contribution < 1.29 is 4.74 Å². The molecule has 1 heterocycles. The van der Waals surface area contributed by atoms with Gasteiger partial charge >= 0.3 is 0 Å². The van der Waals surface area contributed by atoms with Crippen LogP contribution >= 0.6 is 0 Å². The number of ether oxygens (including phenoxy) is 1. The normalized spacial score (nSPS) is 19.8. The van der Waals surface area contributed by atoms with E-state index in [0.29, 0.717) is 17.4 Å². The van der Waals surface area contributed by atoms with Crippen LogP contribution in [0.15, 0.2) is 18.2 Å². The number of anilines is 1. The molecular formula is C13H17N3O. The van der Waals surface area contributed by atoms with Gasteiger partial charge in [0, 0.05) is 37.4 Å². The summed E-state index contributed by atoms with van der Waals surface area (Å²) in [4.78, 5) is 2.33. The molecule has 1 unspecified atom stereocenters. The fourth-order valence-corrected chi connectivity index (χ4v) is 2.18. The zero-order valence-electron chi connectivity index (χ0n) is 10.2. The molecule has 0 amide bonds. The molecule has 1 N–H and O–H groups in total. The van der Waals surface area contributed by atoms with Gasteiger partial charge in [-0.25, -0.2) is 0 Å². The van der Waals surface area contributed by atoms with Crippen molar-refractivity contribution in [3.05, 3.63) is 23.8 Å². The maximum absolute atomic E-state index is 8.95. The molecule has 0 spiro atoms. The van der Waals surface area contributed by atoms with Crippen LogP contribution in [0.4, 0.5) is 5.69 Å². The van der Waals surface area contributed by atoms with Crippen molar-refractivity contribution in [2.75, 3.05) is 31.6 Å². The van der Waals surface area contributed by atoms with Crippen LogP contribution < -0.4 is 15.0 Å². The van der Waals surface area contributed by atoms with Crippen LogP contribution in [0.3, 0.4) is 0 Å². The smallest absolute Gasteiger partial charge is 0.138 e. The van der Waals surface area contributed by atoms with Crippen molar-refractivity contribution in [3.8, 4) is 11.8 Å². The third-order valence-electron chi connectivity index (χ3n) is 3.14. The lowest BCUT2D eigenvalue weighted by Gasteiger charge is -2.36. The molecule has 0 saturated carbocycles. The van der Waals surface area contributed by atoms with Crippen molar-refractivity contribution in [2.45, 2.75) is 13.0 Å². The lowest BCUT2D eigenvalue weighted by molar-refractivity contribution is 0.413. The molecule has 1 saturated heterocycles. The Morgan fingerprint density at radius 1 is 1.53 bits per heavy atom. The van der Waals surface area contributed by atoms with Crippen LogP contribution in [0.2, 0.25) is 0 Å². The molecule has 0 aromatic heterocycles. The van der Waals surface area contributed by atoms with Gasteiger partial charge in [0.05, 0.1) is 12.7 Å². The van der Waals surface area contributed by atoms with Gasteiger partial charge in [0.1, 0.15) is 11.8 Å². The predicted octanol–water partition coefficient (Wildman–Crippen LogP) is 1.36. The summed E-state index contributed by atoms with van der Waals surface area (Å²) >= 11 is 0. The summed E-state index contributed by atoms with van der Waals surface area (Å²) in [7, 11) is 1.60. The maximum Gasteiger partial charge on any atom is 0.138 e. The number of hydrogen-bond acceptors (Lipinski definition) is 4. The Morgan fingerprint density at radius 3 is 3.00 bits per heavy atom. The number of nitrogens with zero attached hydrogens (tertiary/aromatic N) is 2. The molecular weight excluding hydrogens is 214 g/mol. The third-order valence-corrected chi connectivity index (χ3v) is 3.14. The Balaban J connectivity index is 2.30. The Bertz CT molecular complexity index is 439. The molecule has 2 rings (SSSR count). The summed E-state index contributed by atoms with van der Waals surface area (Å²) in [6.07, 6.45) is 0. The summed E-state index contributed by atoms with van der Waals surface area (Å²) in [5.74, 6) is 0.649. The average Bonchev–Trinajstić information content (AvgIpc) is 2.38. The Labute approximate surface area is 102 Å². The van der Waals surface area contributed by atoms with E-state index in [9.17, 15) is 0 Å². The second-order valence-electron chi connectivity index (χ2n) is 4.24. The van der Waals surface area contributed by atoms with E-state index in [0.717, 1.165) is 25.3 Å². The fourth-order valence-electron chi connectivity index (χ4n) is 2.18. The molecule has 0 bridgehead atoms. The maximum atomic E-state index is 8.95. The van der Waals surface area contributed by atoms with Crippen molar-refractivity contribution in [1.82, 2.24) is 5.32 Å². The van der Waals surface area contributed by atoms with Gasteiger partial charge in [0.2, 0.25) is 0 Å². The highest BCUT2D eigenvalue weighted by Gasteiger charge is 2.19. The lowest BCUT2D eigenvalue weighted by Crippen LogP contribution is -2.49. The molecule has 1 aromatic rings. The molecule has 17 heavy (non-hydrogen) atoms. The minimum Gasteiger partial charge on any atom is -0.495 e. The zero-order chi connectivity index (χ0) is 12.3. The van der Waals surface area contributed by atoms with Gasteiger partial charge in [-0.2, -0.15) is 5.26 Å². The Kier molecular flexibility index (Phi) is 3.50. The molecule has 1 atom stereocenters. The number of nitriles is 1. The molecule has 0 aliphatic carbocycles. The van der Waals surface area contributed by atoms with Crippen molar-refractivity contribution in [2.24, 2.45) is 0 Å². The van der Waals surface area contributed by atoms with Crippen molar-refractivity contribution in [3.63, 3.8) is 0 Å². The SMILES string of the molecule is COc1cc(N2CCNCC2C)ccc1C#N. The fraction of sp³-hybridized carbons (Fsp3) is 0.462. The number of nitrogens with one attached hydrogen (secondary N) is 1. The number of benzene rings is 1. The molecule has 1 aliphatic heterocycles. The van der Waals surface area contributed by atoms with E-state index in [1.807, 2.05) is 18.2 Å². The second kappa shape index (κ2) is 5.07. The predicted molar refractivity (Wildman–Crippen MR) is 67.4 cm³/mol. The molecule has 90 valence electrons. The first-order chi connectivity index (χ1) is 8.26. The van der Waals surface area contributed by atoms with Crippen molar-refractivity contribution >= 4 is 5.69 Å². The summed E-state index contributed by atoms with van der Waals surface area (Å²) in [5.41, 5.74) is 1.70. The van der Waals surface area contributed by atoms with Gasteiger partial charge in [0.15, 0.2) is 0 Å². The largest absolute Gasteiger partial charge is 0.495 e. The van der Waals surface area contributed by atoms with Gasteiger partial charge in [-0.05, 0) is 19.1 Å². The second-order valence-corrected chi connectivity index (χ2v) is 4.24. The minimum absolute atomic E-state index is 0.460. The number of rotatable bonds is 2. The monoisotopic (exact) mass is 231 g/mol. The van der Waals surface area contributed by atoms with Crippen molar-refractivity contribution in [1.29, 1.82) is 5.26 Å². The van der Waals surface area contributed by atoms with Gasteiger partial charge in [-0.1, -0.05) is 0 Å². The first-order valence-electron chi connectivity index (χ1n) is 5.81. The van der Waals surface area contributed by atoms with Crippen LogP contribution in [0.1, 0.15) is 12.5 Å². The quantitative estimate of drug-likeness (QED) is 0.835. The van der Waals surface area contributed by atoms with Crippen LogP contribution in [0.5, 0.6) is 5.75 Å². The van der Waals surface area contributed by atoms with Gasteiger partial charge in [-0.15, -0.1) is 0 Å². The molecule has 0 radical (unpaired) electrons. The highest BCUT2D eigenvalue weighted by molar-refractivity contribution is 5.57. The van der Waals surface area contributed by atoms with Crippen LogP contribution in [0.25, 0.3) is 0 Å². The summed E-state index contributed by atoms with van der Waals surface area (Å²) in [5, 5.41) is 12.3. The van der Waals surface area contributed by atoms with E-state index >= 15 is 0 Å². The van der Waals surface area contributed by atoms with Crippen LogP contribution in [-0.4, -0.2) is 32.8 Å². The van der Waals surface area contributed by atoms with E-state index in [4.69, 9.17) is 10.00 Å². The highest BCUT2D eigenvalue weighted by atomic mass is 16.5. The van der Waals surface area contributed by atoms with E-state index in [-0.39, 0.29) is 0 Å². The lowest BCUT2D eigenvalue weighted by atomic mass is 10.1. The minimum atomic E-state index is 0.460. The van der Waals surface area contributed by atoms with Gasteiger partial charge in [0.25, 0.3) is 0 Å². The molecule has 1 aliphatic rings. The zero-order valence-corrected chi connectivity index (χ0v) is 10.2. The average molecular weight is 231 g/mol. The van der Waals surface area contributed by atoms with Gasteiger partial charge in [-0.3, -0.25) is 0 Å². The molecule has 4 nitrogen and oxygen atoms in total. The first kappa shape index (κ1) is 11.7. The molecule has 1 fully saturated rings. The number of piperazine rings is 1. The Morgan fingerprint density at radius 2 is 2.35 bits per heavy atom. The Hall–Kier alpha value is -1.73. The topological polar surface area (TPSA) is 48.3 Å². The first-order valence-corrected chi connectivity index (χ1v) is 5.81. The van der Waals surface area contributed by atoms with E-state index < -0.39 is 0 Å². The number of methoxy groups -OCH3 is 1. The number of hydrogen-bond donors (Lipinski definition) is 1. The summed E-state index contributed by atoms with van der Waals surface area (Å²) < 4.78 is 5.24. The molecule has 4 heteroatoms. The summed E-state index contributed by atoms with van der Waals surface area (Å²) in [6.45, 7) is 5.15. The van der Waals surface area contributed by atoms with Crippen LogP contribution in [-0.2, 0) is 0 Å². The highest BCUT2D eigenvalue weighted by Crippen LogP contribution is 2.26. The standard InChI is InChI=1S/C13H17N3O/c1-10-9-15-5-6-16(10)12-4-3-11(8-14)13(7-12)17-2/h3-4,7,10,15H,5-6,9H2,1-2H3. The van der Waals surface area contributed by atoms with E-state index in [2.05, 4.69) is 23.2 Å². The van der Waals surface area contributed by atoms with Gasteiger partial charge < -0.3 is 15.0 Å². The molecule has 1 aromatic carbocycles. The van der Waals surface area contributed by atoms with Crippen LogP contribution in [0, 0.1) is 11.3 Å².